The van der Waals surface area contributed by atoms with E-state index in [-0.39, 0.29) is 12.6 Å². The first-order chi connectivity index (χ1) is 9.92. The van der Waals surface area contributed by atoms with Crippen molar-refractivity contribution in [3.63, 3.8) is 0 Å². The molecule has 1 aromatic carbocycles. The van der Waals surface area contributed by atoms with Crippen molar-refractivity contribution in [2.75, 3.05) is 13.1 Å². The average Bonchev–Trinajstić information content (AvgIpc) is 2.50. The highest BCUT2D eigenvalue weighted by Gasteiger charge is 2.31. The summed E-state index contributed by atoms with van der Waals surface area (Å²) in [5.74, 6) is -0.892. The molecule has 2 amide bonds. The number of nitrogens with one attached hydrogen (secondary N) is 1. The Morgan fingerprint density at radius 2 is 1.86 bits per heavy atom. The van der Waals surface area contributed by atoms with Gasteiger partial charge in [-0.25, -0.2) is 4.79 Å². The second-order valence-electron chi connectivity index (χ2n) is 5.38. The van der Waals surface area contributed by atoms with Gasteiger partial charge in [-0.05, 0) is 25.8 Å². The van der Waals surface area contributed by atoms with Gasteiger partial charge in [-0.3, -0.25) is 4.79 Å². The van der Waals surface area contributed by atoms with Gasteiger partial charge in [-0.1, -0.05) is 37.3 Å². The van der Waals surface area contributed by atoms with E-state index in [2.05, 4.69) is 5.32 Å². The van der Waals surface area contributed by atoms with Gasteiger partial charge in [0.1, 0.15) is 0 Å². The van der Waals surface area contributed by atoms with Gasteiger partial charge in [-0.2, -0.15) is 0 Å². The van der Waals surface area contributed by atoms with Gasteiger partial charge in [0.2, 0.25) is 0 Å². The maximum atomic E-state index is 12.2. The van der Waals surface area contributed by atoms with E-state index in [0.717, 1.165) is 5.56 Å². The Bertz CT molecular complexity index is 476. The highest BCUT2D eigenvalue weighted by atomic mass is 16.4. The van der Waals surface area contributed by atoms with E-state index < -0.39 is 11.4 Å². The topological polar surface area (TPSA) is 69.6 Å². The first-order valence-electron chi connectivity index (χ1n) is 7.23. The molecular formula is C16H24N2O3. The lowest BCUT2D eigenvalue weighted by Gasteiger charge is -2.27. The van der Waals surface area contributed by atoms with E-state index in [0.29, 0.717) is 19.5 Å². The molecule has 5 heteroatoms. The lowest BCUT2D eigenvalue weighted by atomic mass is 9.88. The Labute approximate surface area is 126 Å². The zero-order chi connectivity index (χ0) is 15.9. The Morgan fingerprint density at radius 1 is 1.24 bits per heavy atom. The lowest BCUT2D eigenvalue weighted by molar-refractivity contribution is -0.147. The smallest absolute Gasteiger partial charge is 0.317 e. The minimum absolute atomic E-state index is 0.128. The summed E-state index contributed by atoms with van der Waals surface area (Å²) in [4.78, 5) is 25.1. The highest BCUT2D eigenvalue weighted by molar-refractivity contribution is 5.77. The molecule has 0 radical (unpaired) electrons. The monoisotopic (exact) mass is 292 g/mol. The van der Waals surface area contributed by atoms with E-state index in [4.69, 9.17) is 0 Å². The van der Waals surface area contributed by atoms with Crippen LogP contribution in [0.4, 0.5) is 4.79 Å². The van der Waals surface area contributed by atoms with Crippen LogP contribution in [-0.4, -0.2) is 35.1 Å². The number of benzene rings is 1. The van der Waals surface area contributed by atoms with Crippen LogP contribution in [0.25, 0.3) is 0 Å². The van der Waals surface area contributed by atoms with Crippen LogP contribution in [0, 0.1) is 5.41 Å². The zero-order valence-electron chi connectivity index (χ0n) is 12.9. The minimum atomic E-state index is -0.929. The van der Waals surface area contributed by atoms with Gasteiger partial charge >= 0.3 is 12.0 Å². The number of rotatable bonds is 7. The Balaban J connectivity index is 2.62. The van der Waals surface area contributed by atoms with E-state index >= 15 is 0 Å². The first-order valence-corrected chi connectivity index (χ1v) is 7.23. The molecule has 21 heavy (non-hydrogen) atoms. The predicted molar refractivity (Wildman–Crippen MR) is 82.0 cm³/mol. The molecular weight excluding hydrogens is 268 g/mol. The first kappa shape index (κ1) is 17.0. The molecule has 0 aliphatic rings. The molecule has 116 valence electrons. The number of nitrogens with zero attached hydrogens (tertiary/aromatic N) is 1. The normalized spacial score (nSPS) is 13.3. The molecule has 0 saturated heterocycles. The molecule has 0 saturated carbocycles. The fourth-order valence-corrected chi connectivity index (χ4v) is 1.87. The molecule has 0 bridgehead atoms. The van der Waals surface area contributed by atoms with Crippen molar-refractivity contribution in [3.8, 4) is 0 Å². The fourth-order valence-electron chi connectivity index (χ4n) is 1.87. The number of aliphatic carboxylic acids is 1. The minimum Gasteiger partial charge on any atom is -0.481 e. The Kier molecular flexibility index (Phi) is 6.21. The average molecular weight is 292 g/mol. The Morgan fingerprint density at radius 3 is 2.33 bits per heavy atom. The van der Waals surface area contributed by atoms with E-state index in [1.165, 1.54) is 0 Å². The summed E-state index contributed by atoms with van der Waals surface area (Å²) in [6.07, 6.45) is 0.466. The standard InChI is InChI=1S/C16H24N2O3/c1-4-16(3,14(19)20)12-17-15(21)18(5-2)11-13-9-7-6-8-10-13/h6-10H,4-5,11-12H2,1-3H3,(H,17,21)(H,19,20). The molecule has 0 heterocycles. The molecule has 0 spiro atoms. The molecule has 1 unspecified atom stereocenters. The van der Waals surface area contributed by atoms with Gasteiger partial charge in [0.05, 0.1) is 5.41 Å². The number of hydrogen-bond acceptors (Lipinski definition) is 2. The van der Waals surface area contributed by atoms with E-state index in [9.17, 15) is 14.7 Å². The van der Waals surface area contributed by atoms with Crippen LogP contribution in [0.1, 0.15) is 32.8 Å². The molecule has 0 fully saturated rings. The third kappa shape index (κ3) is 4.77. The summed E-state index contributed by atoms with van der Waals surface area (Å²) in [6.45, 7) is 6.56. The third-order valence-corrected chi connectivity index (χ3v) is 3.81. The molecule has 5 nitrogen and oxygen atoms in total. The molecule has 1 rings (SSSR count). The van der Waals surface area contributed by atoms with Crippen LogP contribution in [-0.2, 0) is 11.3 Å². The number of amides is 2. The van der Waals surface area contributed by atoms with Crippen molar-refractivity contribution < 1.29 is 14.7 Å². The van der Waals surface area contributed by atoms with Gasteiger partial charge in [0, 0.05) is 19.6 Å². The van der Waals surface area contributed by atoms with Gasteiger partial charge in [0.15, 0.2) is 0 Å². The van der Waals surface area contributed by atoms with Crippen molar-refractivity contribution in [1.82, 2.24) is 10.2 Å². The number of carbonyl (C=O) groups excluding carboxylic acids is 1. The van der Waals surface area contributed by atoms with Gasteiger partial charge < -0.3 is 15.3 Å². The largest absolute Gasteiger partial charge is 0.481 e. The maximum Gasteiger partial charge on any atom is 0.317 e. The molecule has 0 aromatic heterocycles. The highest BCUT2D eigenvalue weighted by Crippen LogP contribution is 2.20. The van der Waals surface area contributed by atoms with Gasteiger partial charge in [-0.15, -0.1) is 0 Å². The van der Waals surface area contributed by atoms with Crippen LogP contribution in [0.5, 0.6) is 0 Å². The number of carboxylic acids is 1. The van der Waals surface area contributed by atoms with Crippen molar-refractivity contribution in [2.24, 2.45) is 5.41 Å². The summed E-state index contributed by atoms with van der Waals surface area (Å²) in [6, 6.07) is 9.48. The second-order valence-corrected chi connectivity index (χ2v) is 5.38. The molecule has 1 aromatic rings. The van der Waals surface area contributed by atoms with Crippen LogP contribution in [0.15, 0.2) is 30.3 Å². The van der Waals surface area contributed by atoms with Crippen LogP contribution >= 0.6 is 0 Å². The summed E-state index contributed by atoms with van der Waals surface area (Å²) in [5.41, 5.74) is 0.118. The fraction of sp³-hybridized carbons (Fsp3) is 0.500. The maximum absolute atomic E-state index is 12.2. The van der Waals surface area contributed by atoms with Crippen LogP contribution in [0.2, 0.25) is 0 Å². The number of urea groups is 1. The van der Waals surface area contributed by atoms with Crippen LogP contribution in [0.3, 0.4) is 0 Å². The Hall–Kier alpha value is -2.04. The SMILES string of the molecule is CCN(Cc1ccccc1)C(=O)NCC(C)(CC)C(=O)O. The summed E-state index contributed by atoms with van der Waals surface area (Å²) < 4.78 is 0. The van der Waals surface area contributed by atoms with Gasteiger partial charge in [0.25, 0.3) is 0 Å². The quantitative estimate of drug-likeness (QED) is 0.812. The number of carbonyl (C=O) groups is 2. The van der Waals surface area contributed by atoms with Crippen molar-refractivity contribution in [2.45, 2.75) is 33.7 Å². The zero-order valence-corrected chi connectivity index (χ0v) is 12.9. The summed E-state index contributed by atoms with van der Waals surface area (Å²) in [5, 5.41) is 11.9. The van der Waals surface area contributed by atoms with Crippen LogP contribution < -0.4 is 5.32 Å². The number of carboxylic acid groups (broad SMARTS) is 1. The molecule has 0 aliphatic carbocycles. The van der Waals surface area contributed by atoms with Crippen molar-refractivity contribution >= 4 is 12.0 Å². The predicted octanol–water partition coefficient (Wildman–Crippen LogP) is 2.72. The molecule has 2 N–H and O–H groups in total. The van der Waals surface area contributed by atoms with E-state index in [1.54, 1.807) is 11.8 Å². The summed E-state index contributed by atoms with van der Waals surface area (Å²) >= 11 is 0. The number of hydrogen-bond donors (Lipinski definition) is 2. The van der Waals surface area contributed by atoms with Crippen molar-refractivity contribution in [3.05, 3.63) is 35.9 Å². The summed E-state index contributed by atoms with van der Waals surface area (Å²) in [7, 11) is 0. The van der Waals surface area contributed by atoms with Crippen molar-refractivity contribution in [1.29, 1.82) is 0 Å². The molecule has 0 aliphatic heterocycles. The second kappa shape index (κ2) is 7.67. The molecule has 1 atom stereocenters. The van der Waals surface area contributed by atoms with E-state index in [1.807, 2.05) is 44.2 Å². The lowest BCUT2D eigenvalue weighted by Crippen LogP contribution is -2.46. The third-order valence-electron chi connectivity index (χ3n) is 3.81.